The van der Waals surface area contributed by atoms with Crippen LogP contribution >= 0.6 is 11.6 Å². The van der Waals surface area contributed by atoms with Crippen LogP contribution in [0.4, 0.5) is 8.78 Å². The van der Waals surface area contributed by atoms with Crippen molar-refractivity contribution in [3.8, 4) is 0 Å². The molecule has 0 aliphatic rings. The summed E-state index contributed by atoms with van der Waals surface area (Å²) in [5.74, 6) is 0. The number of benzene rings is 2. The minimum atomic E-state index is -2.46. The fourth-order valence-corrected chi connectivity index (χ4v) is 1.70. The van der Waals surface area contributed by atoms with Gasteiger partial charge < -0.3 is 4.84 Å². The van der Waals surface area contributed by atoms with Crippen LogP contribution in [0.2, 0.25) is 5.02 Å². The second-order valence-corrected chi connectivity index (χ2v) is 4.47. The lowest BCUT2D eigenvalue weighted by Gasteiger charge is -2.02. The highest BCUT2D eigenvalue weighted by Gasteiger charge is 2.05. The Labute approximate surface area is 120 Å². The van der Waals surface area contributed by atoms with Crippen molar-refractivity contribution in [2.75, 3.05) is 0 Å². The third-order valence-electron chi connectivity index (χ3n) is 2.53. The zero-order valence-corrected chi connectivity index (χ0v) is 11.1. The third-order valence-corrected chi connectivity index (χ3v) is 2.76. The van der Waals surface area contributed by atoms with Gasteiger partial charge in [-0.05, 0) is 17.7 Å². The zero-order valence-electron chi connectivity index (χ0n) is 10.4. The molecular formula is C15H11ClF2NO. The predicted octanol–water partition coefficient (Wildman–Crippen LogP) is 4.71. The molecule has 0 aromatic heterocycles. The summed E-state index contributed by atoms with van der Waals surface area (Å²) in [6.07, 6.45) is 0.225. The lowest BCUT2D eigenvalue weighted by molar-refractivity contribution is 0.131. The van der Waals surface area contributed by atoms with Crippen molar-refractivity contribution in [2.24, 2.45) is 5.16 Å². The number of hydrogen-bond acceptors (Lipinski definition) is 2. The molecule has 0 heterocycles. The highest BCUT2D eigenvalue weighted by Crippen LogP contribution is 2.18. The SMILES string of the molecule is FC(F)c1ccc(CO/N=[C]\c2cccc(Cl)c2)cc1. The molecule has 2 nitrogen and oxygen atoms in total. The zero-order chi connectivity index (χ0) is 14.4. The molecule has 1 radical (unpaired) electrons. The molecule has 5 heteroatoms. The van der Waals surface area contributed by atoms with Crippen molar-refractivity contribution >= 4 is 17.8 Å². The molecule has 2 rings (SSSR count). The molecule has 2 aromatic carbocycles. The van der Waals surface area contributed by atoms with Crippen molar-refractivity contribution in [2.45, 2.75) is 13.0 Å². The lowest BCUT2D eigenvalue weighted by atomic mass is 10.1. The van der Waals surface area contributed by atoms with Crippen LogP contribution in [0.3, 0.4) is 0 Å². The first-order chi connectivity index (χ1) is 9.65. The Hall–Kier alpha value is -1.94. The standard InChI is InChI=1S/C15H11ClF2NO/c16-14-3-1-2-12(8-14)9-19-20-10-11-4-6-13(7-5-11)15(17)18/h1-8,15H,10H2. The number of halogens is 3. The van der Waals surface area contributed by atoms with Gasteiger partial charge in [0.05, 0.1) is 0 Å². The Kier molecular flexibility index (Phi) is 5.07. The van der Waals surface area contributed by atoms with Gasteiger partial charge in [0, 0.05) is 16.1 Å². The van der Waals surface area contributed by atoms with Gasteiger partial charge in [-0.2, -0.15) is 0 Å². The van der Waals surface area contributed by atoms with Gasteiger partial charge in [-0.1, -0.05) is 53.2 Å². The smallest absolute Gasteiger partial charge is 0.263 e. The van der Waals surface area contributed by atoms with Crippen LogP contribution in [0.25, 0.3) is 0 Å². The molecule has 2 aromatic rings. The summed E-state index contributed by atoms with van der Waals surface area (Å²) in [6, 6.07) is 12.9. The molecule has 0 atom stereocenters. The maximum absolute atomic E-state index is 12.4. The predicted molar refractivity (Wildman–Crippen MR) is 74.2 cm³/mol. The van der Waals surface area contributed by atoms with Crippen molar-refractivity contribution in [3.63, 3.8) is 0 Å². The van der Waals surface area contributed by atoms with Crippen molar-refractivity contribution in [1.82, 2.24) is 0 Å². The van der Waals surface area contributed by atoms with E-state index in [0.717, 1.165) is 5.56 Å². The van der Waals surface area contributed by atoms with Crippen molar-refractivity contribution in [1.29, 1.82) is 0 Å². The summed E-state index contributed by atoms with van der Waals surface area (Å²) in [7, 11) is 0. The first-order valence-electron chi connectivity index (χ1n) is 5.86. The van der Waals surface area contributed by atoms with Crippen molar-refractivity contribution in [3.05, 3.63) is 70.2 Å². The van der Waals surface area contributed by atoms with E-state index in [1.54, 1.807) is 36.4 Å². The van der Waals surface area contributed by atoms with E-state index < -0.39 is 6.43 Å². The van der Waals surface area contributed by atoms with Gasteiger partial charge in [-0.15, -0.1) is 0 Å². The molecular weight excluding hydrogens is 284 g/mol. The highest BCUT2D eigenvalue weighted by molar-refractivity contribution is 6.30. The fraction of sp³-hybridized carbons (Fsp3) is 0.133. The van der Waals surface area contributed by atoms with E-state index in [-0.39, 0.29) is 12.2 Å². The summed E-state index contributed by atoms with van der Waals surface area (Å²) in [6.45, 7) is 0.192. The average molecular weight is 295 g/mol. The molecule has 0 saturated heterocycles. The Morgan fingerprint density at radius 2 is 1.90 bits per heavy atom. The summed E-state index contributed by atoms with van der Waals surface area (Å²) in [4.78, 5) is 5.05. The van der Waals surface area contributed by atoms with E-state index in [9.17, 15) is 8.78 Å². The van der Waals surface area contributed by atoms with Gasteiger partial charge in [-0.3, -0.25) is 0 Å². The molecule has 0 amide bonds. The van der Waals surface area contributed by atoms with E-state index in [4.69, 9.17) is 16.4 Å². The largest absolute Gasteiger partial charge is 0.390 e. The van der Waals surface area contributed by atoms with Gasteiger partial charge in [0.25, 0.3) is 6.43 Å². The van der Waals surface area contributed by atoms with Crippen molar-refractivity contribution < 1.29 is 13.6 Å². The van der Waals surface area contributed by atoms with Gasteiger partial charge in [0.2, 0.25) is 0 Å². The van der Waals surface area contributed by atoms with Gasteiger partial charge in [0.15, 0.2) is 0 Å². The minimum Gasteiger partial charge on any atom is -0.390 e. The second kappa shape index (κ2) is 7.01. The van der Waals surface area contributed by atoms with Crippen LogP contribution in [-0.4, -0.2) is 6.21 Å². The lowest BCUT2D eigenvalue weighted by Crippen LogP contribution is -1.90. The fourth-order valence-electron chi connectivity index (χ4n) is 1.51. The van der Waals surface area contributed by atoms with Crippen LogP contribution in [0.1, 0.15) is 23.1 Å². The summed E-state index contributed by atoms with van der Waals surface area (Å²) < 4.78 is 24.7. The summed E-state index contributed by atoms with van der Waals surface area (Å²) in [5.41, 5.74) is 1.44. The van der Waals surface area contributed by atoms with E-state index in [2.05, 4.69) is 11.4 Å². The van der Waals surface area contributed by atoms with Crippen LogP contribution < -0.4 is 0 Å². The van der Waals surface area contributed by atoms with E-state index in [1.165, 1.54) is 12.1 Å². The Morgan fingerprint density at radius 1 is 1.15 bits per heavy atom. The monoisotopic (exact) mass is 294 g/mol. The normalized spacial score (nSPS) is 11.2. The van der Waals surface area contributed by atoms with Gasteiger partial charge in [-0.25, -0.2) is 8.78 Å². The quantitative estimate of drug-likeness (QED) is 0.578. The maximum Gasteiger partial charge on any atom is 0.263 e. The topological polar surface area (TPSA) is 21.6 Å². The van der Waals surface area contributed by atoms with Crippen LogP contribution in [0.15, 0.2) is 53.7 Å². The van der Waals surface area contributed by atoms with Crippen LogP contribution in [-0.2, 0) is 11.4 Å². The molecule has 0 aliphatic carbocycles. The van der Waals surface area contributed by atoms with Crippen LogP contribution in [0, 0.1) is 0 Å². The molecule has 0 aliphatic heterocycles. The number of nitrogens with zero attached hydrogens (tertiary/aromatic N) is 1. The first kappa shape index (κ1) is 14.5. The second-order valence-electron chi connectivity index (χ2n) is 4.03. The first-order valence-corrected chi connectivity index (χ1v) is 6.23. The molecule has 0 unspecified atom stereocenters. The van der Waals surface area contributed by atoms with E-state index in [0.29, 0.717) is 10.6 Å². The number of alkyl halides is 2. The minimum absolute atomic E-state index is 0.0114. The van der Waals surface area contributed by atoms with E-state index >= 15 is 0 Å². The maximum atomic E-state index is 12.4. The molecule has 103 valence electrons. The Balaban J connectivity index is 1.86. The Bertz CT molecular complexity index is 585. The summed E-state index contributed by atoms with van der Waals surface area (Å²) >= 11 is 5.81. The molecule has 0 fully saturated rings. The molecule has 0 N–H and O–H groups in total. The number of hydrogen-bond donors (Lipinski definition) is 0. The molecule has 0 saturated carbocycles. The third kappa shape index (κ3) is 4.31. The molecule has 0 bridgehead atoms. The molecule has 20 heavy (non-hydrogen) atoms. The summed E-state index contributed by atoms with van der Waals surface area (Å²) in [5, 5.41) is 4.27. The van der Waals surface area contributed by atoms with Crippen LogP contribution in [0.5, 0.6) is 0 Å². The highest BCUT2D eigenvalue weighted by atomic mass is 35.5. The Morgan fingerprint density at radius 3 is 2.55 bits per heavy atom. The van der Waals surface area contributed by atoms with E-state index in [1.807, 2.05) is 0 Å². The number of rotatable bonds is 5. The van der Waals surface area contributed by atoms with Gasteiger partial charge >= 0.3 is 0 Å². The average Bonchev–Trinajstić information content (AvgIpc) is 2.44. The van der Waals surface area contributed by atoms with Gasteiger partial charge in [0.1, 0.15) is 12.8 Å². The molecule has 0 spiro atoms.